The Hall–Kier alpha value is -0.830. The lowest BCUT2D eigenvalue weighted by Gasteiger charge is -2.09. The summed E-state index contributed by atoms with van der Waals surface area (Å²) in [5, 5.41) is 9.62. The summed E-state index contributed by atoms with van der Waals surface area (Å²) in [7, 11) is 2.00. The highest BCUT2D eigenvalue weighted by Gasteiger charge is 2.30. The minimum atomic E-state index is -0.141. The van der Waals surface area contributed by atoms with Gasteiger partial charge in [-0.1, -0.05) is 0 Å². The van der Waals surface area contributed by atoms with Crippen LogP contribution in [0.1, 0.15) is 25.3 Å². The van der Waals surface area contributed by atoms with E-state index < -0.39 is 0 Å². The van der Waals surface area contributed by atoms with Gasteiger partial charge in [-0.05, 0) is 19.3 Å². The number of hydrogen-bond acceptors (Lipinski definition) is 1. The van der Waals surface area contributed by atoms with Crippen molar-refractivity contribution in [1.82, 2.24) is 4.57 Å². The number of hydrogen-bond donors (Lipinski definition) is 1. The topological polar surface area (TPSA) is 29.0 Å². The van der Waals surface area contributed by atoms with E-state index in [0.29, 0.717) is 6.04 Å². The number of aromatic nitrogens is 2. The molecule has 1 aliphatic carbocycles. The van der Waals surface area contributed by atoms with E-state index >= 15 is 0 Å². The molecule has 2 rings (SSSR count). The van der Waals surface area contributed by atoms with Crippen molar-refractivity contribution in [2.45, 2.75) is 31.4 Å². The molecule has 66 valence electrons. The molecule has 1 aliphatic rings. The smallest absolute Gasteiger partial charge is 0.243 e. The van der Waals surface area contributed by atoms with Crippen molar-refractivity contribution in [2.75, 3.05) is 0 Å². The maximum Gasteiger partial charge on any atom is 0.243 e. The molecule has 1 aromatic rings. The summed E-state index contributed by atoms with van der Waals surface area (Å²) in [6.07, 6.45) is 9.12. The van der Waals surface area contributed by atoms with Gasteiger partial charge in [0, 0.05) is 0 Å². The molecular weight excluding hydrogens is 152 g/mol. The fraction of sp³-hybridized carbons (Fsp3) is 0.667. The van der Waals surface area contributed by atoms with Gasteiger partial charge in [0.05, 0.1) is 13.2 Å². The quantitative estimate of drug-likeness (QED) is 0.603. The molecule has 0 aromatic carbocycles. The molecule has 3 nitrogen and oxygen atoms in total. The van der Waals surface area contributed by atoms with E-state index in [0.717, 1.165) is 19.3 Å². The summed E-state index contributed by atoms with van der Waals surface area (Å²) in [4.78, 5) is 0. The molecule has 3 heteroatoms. The van der Waals surface area contributed by atoms with Gasteiger partial charge in [0.15, 0.2) is 0 Å². The fourth-order valence-electron chi connectivity index (χ4n) is 1.93. The van der Waals surface area contributed by atoms with Gasteiger partial charge in [0.2, 0.25) is 6.33 Å². The molecule has 2 unspecified atom stereocenters. The summed E-state index contributed by atoms with van der Waals surface area (Å²) in [5.74, 6) is 0. The summed E-state index contributed by atoms with van der Waals surface area (Å²) in [6, 6.07) is 0.311. The van der Waals surface area contributed by atoms with E-state index in [1.54, 1.807) is 0 Å². The molecule has 12 heavy (non-hydrogen) atoms. The molecule has 1 fully saturated rings. The Bertz CT molecular complexity index is 269. The Morgan fingerprint density at radius 2 is 2.33 bits per heavy atom. The van der Waals surface area contributed by atoms with Crippen LogP contribution >= 0.6 is 0 Å². The molecule has 0 radical (unpaired) electrons. The standard InChI is InChI=1S/C9H15N2O/c1-10-5-6-11(7-10)8-3-2-4-9(8)12/h5-9,12H,2-4H2,1H3/q+1. The van der Waals surface area contributed by atoms with Crippen LogP contribution in [0.25, 0.3) is 0 Å². The average Bonchev–Trinajstić information content (AvgIpc) is 2.58. The molecule has 0 saturated heterocycles. The van der Waals surface area contributed by atoms with Crippen molar-refractivity contribution in [3.05, 3.63) is 18.7 Å². The molecule has 0 amide bonds. The summed E-state index contributed by atoms with van der Waals surface area (Å²) >= 11 is 0. The monoisotopic (exact) mass is 167 g/mol. The minimum Gasteiger partial charge on any atom is -0.389 e. The lowest BCUT2D eigenvalue weighted by atomic mass is 10.2. The third-order valence-corrected chi connectivity index (χ3v) is 2.62. The van der Waals surface area contributed by atoms with Gasteiger partial charge in [-0.25, -0.2) is 9.13 Å². The van der Waals surface area contributed by atoms with Gasteiger partial charge in [0.25, 0.3) is 0 Å². The average molecular weight is 167 g/mol. The van der Waals surface area contributed by atoms with Crippen molar-refractivity contribution in [3.63, 3.8) is 0 Å². The number of aliphatic hydroxyl groups excluding tert-OH is 1. The van der Waals surface area contributed by atoms with E-state index in [9.17, 15) is 5.11 Å². The number of rotatable bonds is 1. The van der Waals surface area contributed by atoms with Crippen LogP contribution in [0.2, 0.25) is 0 Å². The van der Waals surface area contributed by atoms with Crippen molar-refractivity contribution in [2.24, 2.45) is 7.05 Å². The second-order valence-corrected chi connectivity index (χ2v) is 3.59. The first-order valence-corrected chi connectivity index (χ1v) is 4.48. The van der Waals surface area contributed by atoms with Crippen molar-refractivity contribution in [1.29, 1.82) is 0 Å². The van der Waals surface area contributed by atoms with Crippen molar-refractivity contribution in [3.8, 4) is 0 Å². The van der Waals surface area contributed by atoms with E-state index in [2.05, 4.69) is 4.57 Å². The molecule has 1 N–H and O–H groups in total. The van der Waals surface area contributed by atoms with Gasteiger partial charge in [-0.3, -0.25) is 0 Å². The van der Waals surface area contributed by atoms with Crippen LogP contribution in [0.5, 0.6) is 0 Å². The summed E-state index contributed by atoms with van der Waals surface area (Å²) < 4.78 is 4.11. The Balaban J connectivity index is 2.19. The highest BCUT2D eigenvalue weighted by atomic mass is 16.3. The van der Waals surface area contributed by atoms with Gasteiger partial charge >= 0.3 is 0 Å². The first-order valence-electron chi connectivity index (χ1n) is 4.48. The van der Waals surface area contributed by atoms with E-state index in [1.165, 1.54) is 0 Å². The Morgan fingerprint density at radius 3 is 2.83 bits per heavy atom. The molecule has 1 aromatic heterocycles. The zero-order chi connectivity index (χ0) is 8.55. The number of aliphatic hydroxyl groups is 1. The van der Waals surface area contributed by atoms with E-state index in [-0.39, 0.29) is 6.10 Å². The zero-order valence-corrected chi connectivity index (χ0v) is 7.35. The fourth-order valence-corrected chi connectivity index (χ4v) is 1.93. The van der Waals surface area contributed by atoms with Gasteiger partial charge in [0.1, 0.15) is 18.4 Å². The third kappa shape index (κ3) is 1.25. The molecule has 1 heterocycles. The highest BCUT2D eigenvalue weighted by molar-refractivity contribution is 4.84. The molecule has 0 spiro atoms. The maximum atomic E-state index is 9.62. The molecule has 1 saturated carbocycles. The summed E-state index contributed by atoms with van der Waals surface area (Å²) in [5.41, 5.74) is 0. The van der Waals surface area contributed by atoms with Crippen LogP contribution in [0.3, 0.4) is 0 Å². The van der Waals surface area contributed by atoms with Crippen molar-refractivity contribution >= 4 is 0 Å². The van der Waals surface area contributed by atoms with E-state index in [1.807, 2.05) is 30.3 Å². The van der Waals surface area contributed by atoms with Crippen LogP contribution in [0.15, 0.2) is 18.7 Å². The minimum absolute atomic E-state index is 0.141. The normalized spacial score (nSPS) is 29.5. The van der Waals surface area contributed by atoms with Crippen LogP contribution in [0.4, 0.5) is 0 Å². The van der Waals surface area contributed by atoms with Crippen LogP contribution in [-0.4, -0.2) is 15.8 Å². The molecule has 2 atom stereocenters. The predicted octanol–water partition coefficient (Wildman–Crippen LogP) is 0.398. The molecule has 0 aliphatic heterocycles. The SMILES string of the molecule is C[n+]1ccn(C2CCCC2O)c1. The lowest BCUT2D eigenvalue weighted by Crippen LogP contribution is -2.25. The highest BCUT2D eigenvalue weighted by Crippen LogP contribution is 2.29. The Labute approximate surface area is 72.3 Å². The first-order chi connectivity index (χ1) is 5.77. The largest absolute Gasteiger partial charge is 0.389 e. The Morgan fingerprint density at radius 1 is 1.50 bits per heavy atom. The molecular formula is C9H15N2O+. The van der Waals surface area contributed by atoms with Gasteiger partial charge < -0.3 is 5.11 Å². The molecule has 0 bridgehead atoms. The first kappa shape index (κ1) is 7.80. The van der Waals surface area contributed by atoms with Gasteiger partial charge in [-0.15, -0.1) is 0 Å². The predicted molar refractivity (Wildman–Crippen MR) is 44.5 cm³/mol. The van der Waals surface area contributed by atoms with Crippen LogP contribution < -0.4 is 4.57 Å². The number of nitrogens with zero attached hydrogens (tertiary/aromatic N) is 2. The van der Waals surface area contributed by atoms with Crippen LogP contribution in [0, 0.1) is 0 Å². The second-order valence-electron chi connectivity index (χ2n) is 3.59. The Kier molecular flexibility index (Phi) is 1.89. The maximum absolute atomic E-state index is 9.62. The van der Waals surface area contributed by atoms with Crippen molar-refractivity contribution < 1.29 is 9.67 Å². The third-order valence-electron chi connectivity index (χ3n) is 2.62. The van der Waals surface area contributed by atoms with E-state index in [4.69, 9.17) is 0 Å². The van der Waals surface area contributed by atoms with Crippen LogP contribution in [-0.2, 0) is 7.05 Å². The number of aryl methyl sites for hydroxylation is 1. The van der Waals surface area contributed by atoms with Gasteiger partial charge in [-0.2, -0.15) is 0 Å². The zero-order valence-electron chi connectivity index (χ0n) is 7.35. The summed E-state index contributed by atoms with van der Waals surface area (Å²) in [6.45, 7) is 0. The second kappa shape index (κ2) is 2.90. The number of imidazole rings is 1. The lowest BCUT2D eigenvalue weighted by molar-refractivity contribution is -0.671.